The molecule has 0 bridgehead atoms. The molecule has 0 aliphatic carbocycles. The molecule has 11 heteroatoms. The quantitative estimate of drug-likeness (QED) is 0.444. The highest BCUT2D eigenvalue weighted by atomic mass is 35.5. The van der Waals surface area contributed by atoms with E-state index in [1.165, 1.54) is 42.5 Å². The number of anilines is 2. The predicted molar refractivity (Wildman–Crippen MR) is 141 cm³/mol. The number of nitrogens with one attached hydrogen (secondary N) is 1. The first kappa shape index (κ1) is 25.9. The van der Waals surface area contributed by atoms with Gasteiger partial charge in [-0.05, 0) is 66.7 Å². The fourth-order valence-corrected chi connectivity index (χ4v) is 5.08. The summed E-state index contributed by atoms with van der Waals surface area (Å²) >= 11 is 11.8. The SMILES string of the molecule is COc1ccc(N2CCN(C(=O)COc3ccc(S(=O)(=O)Nc4ccc(Cl)c(Cl)c4)cc3)CC2)cc1. The summed E-state index contributed by atoms with van der Waals surface area (Å²) in [6.45, 7) is 2.49. The summed E-state index contributed by atoms with van der Waals surface area (Å²) in [6, 6.07) is 18.1. The van der Waals surface area contributed by atoms with Crippen LogP contribution in [0, 0.1) is 0 Å². The fraction of sp³-hybridized carbons (Fsp3) is 0.240. The molecular weight excluding hydrogens is 525 g/mol. The fourth-order valence-electron chi connectivity index (χ4n) is 3.73. The maximum Gasteiger partial charge on any atom is 0.261 e. The minimum Gasteiger partial charge on any atom is -0.497 e. The number of amides is 1. The van der Waals surface area contributed by atoms with E-state index in [4.69, 9.17) is 32.7 Å². The van der Waals surface area contributed by atoms with Gasteiger partial charge in [-0.1, -0.05) is 23.2 Å². The van der Waals surface area contributed by atoms with Gasteiger partial charge in [-0.3, -0.25) is 9.52 Å². The van der Waals surface area contributed by atoms with Crippen LogP contribution in [-0.2, 0) is 14.8 Å². The molecule has 1 aliphatic rings. The summed E-state index contributed by atoms with van der Waals surface area (Å²) in [5, 5.41) is 0.571. The van der Waals surface area contributed by atoms with E-state index >= 15 is 0 Å². The van der Waals surface area contributed by atoms with Gasteiger partial charge >= 0.3 is 0 Å². The second-order valence-corrected chi connectivity index (χ2v) is 10.6. The summed E-state index contributed by atoms with van der Waals surface area (Å²) in [6.07, 6.45) is 0. The zero-order valence-corrected chi connectivity index (χ0v) is 21.8. The van der Waals surface area contributed by atoms with Crippen LogP contribution in [0.1, 0.15) is 0 Å². The molecule has 190 valence electrons. The van der Waals surface area contributed by atoms with Gasteiger partial charge in [0.05, 0.1) is 27.7 Å². The van der Waals surface area contributed by atoms with Crippen molar-refractivity contribution in [2.24, 2.45) is 0 Å². The van der Waals surface area contributed by atoms with E-state index in [-0.39, 0.29) is 22.4 Å². The molecule has 3 aromatic rings. The van der Waals surface area contributed by atoms with Crippen molar-refractivity contribution >= 4 is 50.5 Å². The third-order valence-electron chi connectivity index (χ3n) is 5.74. The van der Waals surface area contributed by atoms with E-state index in [1.807, 2.05) is 24.3 Å². The molecule has 1 aliphatic heterocycles. The topological polar surface area (TPSA) is 88.2 Å². The number of hydrogen-bond donors (Lipinski definition) is 1. The van der Waals surface area contributed by atoms with Crippen molar-refractivity contribution in [3.63, 3.8) is 0 Å². The highest BCUT2D eigenvalue weighted by Gasteiger charge is 2.22. The molecule has 0 aromatic heterocycles. The number of rotatable bonds is 8. The number of hydrogen-bond acceptors (Lipinski definition) is 6. The molecule has 3 aromatic carbocycles. The lowest BCUT2D eigenvalue weighted by atomic mass is 10.2. The van der Waals surface area contributed by atoms with Crippen LogP contribution in [0.15, 0.2) is 71.6 Å². The highest BCUT2D eigenvalue weighted by Crippen LogP contribution is 2.27. The monoisotopic (exact) mass is 549 g/mol. The normalized spacial score (nSPS) is 13.9. The minimum absolute atomic E-state index is 0.0434. The van der Waals surface area contributed by atoms with Gasteiger partial charge in [0.25, 0.3) is 15.9 Å². The van der Waals surface area contributed by atoms with Crippen LogP contribution in [0.2, 0.25) is 10.0 Å². The average molecular weight is 550 g/mol. The molecule has 36 heavy (non-hydrogen) atoms. The van der Waals surface area contributed by atoms with E-state index in [9.17, 15) is 13.2 Å². The van der Waals surface area contributed by atoms with E-state index in [1.54, 1.807) is 12.0 Å². The molecule has 0 atom stereocenters. The molecule has 0 unspecified atom stereocenters. The molecule has 0 radical (unpaired) electrons. The summed E-state index contributed by atoms with van der Waals surface area (Å²) < 4.78 is 38.5. The zero-order chi connectivity index (χ0) is 25.7. The number of ether oxygens (including phenoxy) is 2. The molecule has 8 nitrogen and oxygen atoms in total. The van der Waals surface area contributed by atoms with E-state index < -0.39 is 10.0 Å². The third-order valence-corrected chi connectivity index (χ3v) is 7.87. The predicted octanol–water partition coefficient (Wildman–Crippen LogP) is 4.53. The number of piperazine rings is 1. The Labute approximate surface area is 220 Å². The van der Waals surface area contributed by atoms with Crippen molar-refractivity contribution in [1.29, 1.82) is 0 Å². The smallest absolute Gasteiger partial charge is 0.261 e. The van der Waals surface area contributed by atoms with Gasteiger partial charge in [0, 0.05) is 31.9 Å². The number of nitrogens with zero attached hydrogens (tertiary/aromatic N) is 2. The van der Waals surface area contributed by atoms with E-state index in [0.717, 1.165) is 24.5 Å². The largest absolute Gasteiger partial charge is 0.497 e. The van der Waals surface area contributed by atoms with Crippen molar-refractivity contribution in [2.45, 2.75) is 4.90 Å². The first-order chi connectivity index (χ1) is 17.2. The van der Waals surface area contributed by atoms with Crippen LogP contribution >= 0.6 is 23.2 Å². The van der Waals surface area contributed by atoms with Crippen LogP contribution in [0.25, 0.3) is 0 Å². The van der Waals surface area contributed by atoms with E-state index in [0.29, 0.717) is 29.5 Å². The van der Waals surface area contributed by atoms with Gasteiger partial charge < -0.3 is 19.3 Å². The third kappa shape index (κ3) is 6.34. The number of benzene rings is 3. The Hall–Kier alpha value is -3.14. The Balaban J connectivity index is 1.27. The second-order valence-electron chi connectivity index (χ2n) is 8.06. The summed E-state index contributed by atoms with van der Waals surface area (Å²) in [4.78, 5) is 16.6. The van der Waals surface area contributed by atoms with Gasteiger partial charge in [-0.2, -0.15) is 0 Å². The highest BCUT2D eigenvalue weighted by molar-refractivity contribution is 7.92. The van der Waals surface area contributed by atoms with Gasteiger partial charge in [0.2, 0.25) is 0 Å². The molecule has 1 fully saturated rings. The van der Waals surface area contributed by atoms with Crippen LogP contribution < -0.4 is 19.1 Å². The molecule has 1 heterocycles. The van der Waals surface area contributed by atoms with Gasteiger partial charge in [-0.15, -0.1) is 0 Å². The number of carbonyl (C=O) groups is 1. The molecule has 0 saturated carbocycles. The Bertz CT molecular complexity index is 1310. The lowest BCUT2D eigenvalue weighted by molar-refractivity contribution is -0.133. The lowest BCUT2D eigenvalue weighted by Crippen LogP contribution is -2.50. The average Bonchev–Trinajstić information content (AvgIpc) is 2.89. The number of carbonyl (C=O) groups excluding carboxylic acids is 1. The second kappa shape index (κ2) is 11.3. The molecule has 1 amide bonds. The van der Waals surface area contributed by atoms with Crippen molar-refractivity contribution in [2.75, 3.05) is 49.5 Å². The van der Waals surface area contributed by atoms with Gasteiger partial charge in [0.1, 0.15) is 11.5 Å². The van der Waals surface area contributed by atoms with Gasteiger partial charge in [-0.25, -0.2) is 8.42 Å². The van der Waals surface area contributed by atoms with Crippen LogP contribution in [0.4, 0.5) is 11.4 Å². The van der Waals surface area contributed by atoms with Crippen molar-refractivity contribution in [3.8, 4) is 11.5 Å². The molecule has 1 N–H and O–H groups in total. The standard InChI is InChI=1S/C25H25Cl2N3O5S/c1-34-20-5-3-19(4-6-20)29-12-14-30(15-13-29)25(31)17-35-21-7-9-22(10-8-21)36(32,33)28-18-2-11-23(26)24(27)16-18/h2-11,16,28H,12-15,17H2,1H3. The molecule has 4 rings (SSSR count). The maximum atomic E-state index is 12.6. The Morgan fingerprint density at radius 3 is 2.14 bits per heavy atom. The first-order valence-corrected chi connectivity index (χ1v) is 13.4. The van der Waals surface area contributed by atoms with Crippen molar-refractivity contribution < 1.29 is 22.7 Å². The van der Waals surface area contributed by atoms with E-state index in [2.05, 4.69) is 9.62 Å². The minimum atomic E-state index is -3.83. The number of methoxy groups -OCH3 is 1. The van der Waals surface area contributed by atoms with Gasteiger partial charge in [0.15, 0.2) is 6.61 Å². The Morgan fingerprint density at radius 1 is 0.889 bits per heavy atom. The Kier molecular flexibility index (Phi) is 8.13. The number of halogens is 2. The summed E-state index contributed by atoms with van der Waals surface area (Å²) in [5.74, 6) is 1.08. The van der Waals surface area contributed by atoms with Crippen LogP contribution in [0.5, 0.6) is 11.5 Å². The van der Waals surface area contributed by atoms with Crippen LogP contribution in [-0.4, -0.2) is 59.1 Å². The summed E-state index contributed by atoms with van der Waals surface area (Å²) in [5.41, 5.74) is 1.38. The summed E-state index contributed by atoms with van der Waals surface area (Å²) in [7, 11) is -2.20. The van der Waals surface area contributed by atoms with Crippen molar-refractivity contribution in [1.82, 2.24) is 4.90 Å². The Morgan fingerprint density at radius 2 is 1.53 bits per heavy atom. The molecule has 1 saturated heterocycles. The number of sulfonamides is 1. The van der Waals surface area contributed by atoms with Crippen molar-refractivity contribution in [3.05, 3.63) is 76.8 Å². The maximum absolute atomic E-state index is 12.6. The van der Waals surface area contributed by atoms with Crippen LogP contribution in [0.3, 0.4) is 0 Å². The lowest BCUT2D eigenvalue weighted by Gasteiger charge is -2.36. The molecular formula is C25H25Cl2N3O5S. The molecule has 0 spiro atoms. The zero-order valence-electron chi connectivity index (χ0n) is 19.5. The first-order valence-electron chi connectivity index (χ1n) is 11.1.